The molecular weight excluding hydrogens is 580 g/mol. The number of hydrogen-bond donors (Lipinski definition) is 3. The molecule has 0 bridgehead atoms. The standard InChI is InChI=1S/C20H29N3O2.C17H27NO3/c1-4-7-14-25-19-15-17(16-10-8-9-11-18(16)22-19)20(24)21-12-13-23(5-2)6-3;1-3-4-5-6-7-8-9-17(20)18-13-14-10-11-15(19)16(12-14)21-2/h8-11,15H,4-7,12-14H2,1-3H3,(H,21,24);10-12,19H,3-9,13H2,1-2H3,(H,18,20). The molecule has 3 N–H and O–H groups in total. The largest absolute Gasteiger partial charge is 0.504 e. The number of aromatic hydroxyl groups is 1. The second-order valence-corrected chi connectivity index (χ2v) is 11.3. The van der Waals surface area contributed by atoms with E-state index in [0.29, 0.717) is 43.3 Å². The normalized spacial score (nSPS) is 10.7. The molecule has 9 nitrogen and oxygen atoms in total. The minimum absolute atomic E-state index is 0.0777. The third-order valence-electron chi connectivity index (χ3n) is 7.78. The van der Waals surface area contributed by atoms with Crippen LogP contribution in [0, 0.1) is 0 Å². The number of carbonyl (C=O) groups is 2. The van der Waals surface area contributed by atoms with Crippen LogP contribution in [-0.2, 0) is 11.3 Å². The minimum atomic E-state index is -0.0777. The maximum atomic E-state index is 12.7. The highest BCUT2D eigenvalue weighted by atomic mass is 16.5. The average molecular weight is 637 g/mol. The first kappa shape index (κ1) is 38.3. The number of phenols is 1. The molecule has 0 aliphatic heterocycles. The number of para-hydroxylation sites is 1. The van der Waals surface area contributed by atoms with Crippen LogP contribution in [0.5, 0.6) is 17.4 Å². The molecule has 0 radical (unpaired) electrons. The highest BCUT2D eigenvalue weighted by Crippen LogP contribution is 2.26. The summed E-state index contributed by atoms with van der Waals surface area (Å²) in [7, 11) is 1.51. The van der Waals surface area contributed by atoms with Gasteiger partial charge in [0.25, 0.3) is 5.91 Å². The van der Waals surface area contributed by atoms with Crippen molar-refractivity contribution >= 4 is 22.7 Å². The number of rotatable bonds is 20. The number of benzene rings is 2. The van der Waals surface area contributed by atoms with Crippen molar-refractivity contribution in [3.63, 3.8) is 0 Å². The van der Waals surface area contributed by atoms with Crippen LogP contribution in [0.4, 0.5) is 0 Å². The Hall–Kier alpha value is -3.85. The van der Waals surface area contributed by atoms with E-state index in [1.165, 1.54) is 32.8 Å². The lowest BCUT2D eigenvalue weighted by atomic mass is 10.1. The Morgan fingerprint density at radius 2 is 1.59 bits per heavy atom. The molecule has 0 fully saturated rings. The Morgan fingerprint density at radius 3 is 2.30 bits per heavy atom. The number of fused-ring (bicyclic) bond motifs is 1. The molecule has 2 amide bonds. The van der Waals surface area contributed by atoms with E-state index in [0.717, 1.165) is 61.8 Å². The van der Waals surface area contributed by atoms with Crippen molar-refractivity contribution in [2.24, 2.45) is 0 Å². The quantitative estimate of drug-likeness (QED) is 0.112. The van der Waals surface area contributed by atoms with Gasteiger partial charge in [-0.1, -0.05) is 90.5 Å². The minimum Gasteiger partial charge on any atom is -0.504 e. The van der Waals surface area contributed by atoms with Crippen LogP contribution < -0.4 is 20.1 Å². The van der Waals surface area contributed by atoms with Gasteiger partial charge in [0.1, 0.15) is 0 Å². The number of ether oxygens (including phenoxy) is 2. The zero-order chi connectivity index (χ0) is 33.6. The third kappa shape index (κ3) is 14.1. The van der Waals surface area contributed by atoms with Gasteiger partial charge >= 0.3 is 0 Å². The summed E-state index contributed by atoms with van der Waals surface area (Å²) in [5.41, 5.74) is 2.32. The van der Waals surface area contributed by atoms with Gasteiger partial charge < -0.3 is 30.1 Å². The SMILES string of the molecule is CCCCCCCCC(=O)NCc1ccc(O)c(OC)c1.CCCCOc1cc(C(=O)NCCN(CC)CC)c2ccccc2n1. The average Bonchev–Trinajstić information content (AvgIpc) is 3.07. The summed E-state index contributed by atoms with van der Waals surface area (Å²) in [6.45, 7) is 13.1. The van der Waals surface area contributed by atoms with Gasteiger partial charge in [0.15, 0.2) is 11.5 Å². The van der Waals surface area contributed by atoms with Crippen LogP contribution in [0.3, 0.4) is 0 Å². The highest BCUT2D eigenvalue weighted by Gasteiger charge is 2.14. The van der Waals surface area contributed by atoms with E-state index in [4.69, 9.17) is 9.47 Å². The van der Waals surface area contributed by atoms with Gasteiger partial charge in [-0.25, -0.2) is 4.98 Å². The van der Waals surface area contributed by atoms with Crippen molar-refractivity contribution in [2.75, 3.05) is 39.9 Å². The van der Waals surface area contributed by atoms with Crippen molar-refractivity contribution in [2.45, 2.75) is 92.0 Å². The number of aromatic nitrogens is 1. The number of hydrogen-bond acceptors (Lipinski definition) is 7. The molecule has 9 heteroatoms. The molecule has 0 saturated heterocycles. The first-order valence-corrected chi connectivity index (χ1v) is 17.0. The molecule has 3 rings (SSSR count). The van der Waals surface area contributed by atoms with Crippen molar-refractivity contribution in [1.82, 2.24) is 20.5 Å². The predicted molar refractivity (Wildman–Crippen MR) is 187 cm³/mol. The molecule has 1 heterocycles. The lowest BCUT2D eigenvalue weighted by Crippen LogP contribution is -2.34. The summed E-state index contributed by atoms with van der Waals surface area (Å²) in [6, 6.07) is 14.5. The molecule has 254 valence electrons. The summed E-state index contributed by atoms with van der Waals surface area (Å²) in [6.07, 6.45) is 9.72. The van der Waals surface area contributed by atoms with Crippen molar-refractivity contribution in [3.05, 3.63) is 59.7 Å². The molecule has 2 aromatic carbocycles. The highest BCUT2D eigenvalue weighted by molar-refractivity contribution is 6.06. The second kappa shape index (κ2) is 22.6. The number of likely N-dealkylation sites (N-methyl/N-ethyl adjacent to an activating group) is 1. The predicted octanol–water partition coefficient (Wildman–Crippen LogP) is 7.25. The second-order valence-electron chi connectivity index (χ2n) is 11.3. The molecule has 0 aliphatic rings. The van der Waals surface area contributed by atoms with E-state index in [9.17, 15) is 14.7 Å². The van der Waals surface area contributed by atoms with E-state index in [2.05, 4.69) is 48.2 Å². The van der Waals surface area contributed by atoms with Gasteiger partial charge in [-0.2, -0.15) is 0 Å². The first-order chi connectivity index (χ1) is 22.4. The Balaban J connectivity index is 0.000000326. The van der Waals surface area contributed by atoms with Crippen LogP contribution in [-0.4, -0.2) is 66.7 Å². The Bertz CT molecular complexity index is 1310. The van der Waals surface area contributed by atoms with Crippen LogP contribution in [0.25, 0.3) is 10.9 Å². The van der Waals surface area contributed by atoms with Gasteiger partial charge in [0, 0.05) is 37.5 Å². The fourth-order valence-electron chi connectivity index (χ4n) is 4.88. The fourth-order valence-corrected chi connectivity index (χ4v) is 4.88. The van der Waals surface area contributed by atoms with Gasteiger partial charge in [-0.05, 0) is 49.7 Å². The van der Waals surface area contributed by atoms with Crippen molar-refractivity contribution in [3.8, 4) is 17.4 Å². The molecular formula is C37H56N4O5. The maximum Gasteiger partial charge on any atom is 0.252 e. The lowest BCUT2D eigenvalue weighted by Gasteiger charge is -2.18. The topological polar surface area (TPSA) is 113 Å². The molecule has 3 aromatic rings. The monoisotopic (exact) mass is 636 g/mol. The molecule has 1 aromatic heterocycles. The number of amides is 2. The van der Waals surface area contributed by atoms with Crippen molar-refractivity contribution < 1.29 is 24.2 Å². The number of nitrogens with zero attached hydrogens (tertiary/aromatic N) is 2. The van der Waals surface area contributed by atoms with E-state index in [-0.39, 0.29) is 17.6 Å². The lowest BCUT2D eigenvalue weighted by molar-refractivity contribution is -0.121. The van der Waals surface area contributed by atoms with Crippen LogP contribution in [0.1, 0.15) is 101 Å². The third-order valence-corrected chi connectivity index (χ3v) is 7.78. The number of methoxy groups -OCH3 is 1. The Morgan fingerprint density at radius 1 is 0.870 bits per heavy atom. The number of carbonyl (C=O) groups excluding carboxylic acids is 2. The summed E-state index contributed by atoms with van der Waals surface area (Å²) in [5, 5.41) is 16.3. The van der Waals surface area contributed by atoms with Crippen LogP contribution in [0.15, 0.2) is 48.5 Å². The molecule has 46 heavy (non-hydrogen) atoms. The van der Waals surface area contributed by atoms with Gasteiger partial charge in [0.2, 0.25) is 11.8 Å². The summed E-state index contributed by atoms with van der Waals surface area (Å²) in [4.78, 5) is 31.2. The van der Waals surface area contributed by atoms with Gasteiger partial charge in [-0.3, -0.25) is 9.59 Å². The Labute approximate surface area is 276 Å². The zero-order valence-electron chi connectivity index (χ0n) is 28.7. The number of pyridine rings is 1. The van der Waals surface area contributed by atoms with Crippen molar-refractivity contribution in [1.29, 1.82) is 0 Å². The molecule has 0 aliphatic carbocycles. The van der Waals surface area contributed by atoms with E-state index < -0.39 is 0 Å². The van der Waals surface area contributed by atoms with Crippen LogP contribution >= 0.6 is 0 Å². The molecule has 0 unspecified atom stereocenters. The molecule has 0 atom stereocenters. The smallest absolute Gasteiger partial charge is 0.252 e. The fraction of sp³-hybridized carbons (Fsp3) is 0.541. The summed E-state index contributed by atoms with van der Waals surface area (Å²) >= 11 is 0. The molecule has 0 spiro atoms. The maximum absolute atomic E-state index is 12.7. The van der Waals surface area contributed by atoms with Gasteiger partial charge in [0.05, 0.1) is 24.8 Å². The Kier molecular flexibility index (Phi) is 18.9. The zero-order valence-corrected chi connectivity index (χ0v) is 28.7. The van der Waals surface area contributed by atoms with E-state index in [1.807, 2.05) is 24.3 Å². The van der Waals surface area contributed by atoms with Crippen LogP contribution in [0.2, 0.25) is 0 Å². The van der Waals surface area contributed by atoms with Gasteiger partial charge in [-0.15, -0.1) is 0 Å². The first-order valence-electron chi connectivity index (χ1n) is 17.0. The number of unbranched alkanes of at least 4 members (excludes halogenated alkanes) is 6. The summed E-state index contributed by atoms with van der Waals surface area (Å²) < 4.78 is 10.8. The number of phenolic OH excluding ortho intramolecular Hbond substituents is 1. The summed E-state index contributed by atoms with van der Waals surface area (Å²) in [5.74, 6) is 1.06. The van der Waals surface area contributed by atoms with E-state index >= 15 is 0 Å². The van der Waals surface area contributed by atoms with E-state index in [1.54, 1.807) is 24.3 Å². The number of nitrogens with one attached hydrogen (secondary N) is 2. The molecule has 0 saturated carbocycles.